The van der Waals surface area contributed by atoms with Crippen molar-refractivity contribution in [3.8, 4) is 5.75 Å². The van der Waals surface area contributed by atoms with E-state index in [9.17, 15) is 4.79 Å². The number of methoxy groups -OCH3 is 1. The van der Waals surface area contributed by atoms with E-state index in [-0.39, 0.29) is 11.9 Å². The molecular formula is C19H23NO2. The second-order valence-corrected chi connectivity index (χ2v) is 5.69. The lowest BCUT2D eigenvalue weighted by Crippen LogP contribution is -2.32. The standard InChI is InChI=1S/C19H23NO2/c1-14(2)19(15-9-5-4-6-10-15)20-18(21)13-16-11-7-8-12-17(16)22-3/h4-12,14,19H,13H2,1-3H3,(H,20,21). The first kappa shape index (κ1) is 16.1. The molecule has 0 aliphatic rings. The molecule has 0 aromatic heterocycles. The quantitative estimate of drug-likeness (QED) is 0.882. The first-order chi connectivity index (χ1) is 10.6. The predicted molar refractivity (Wildman–Crippen MR) is 88.9 cm³/mol. The summed E-state index contributed by atoms with van der Waals surface area (Å²) in [5, 5.41) is 3.14. The average Bonchev–Trinajstić information content (AvgIpc) is 2.53. The van der Waals surface area contributed by atoms with Crippen LogP contribution in [0.1, 0.15) is 31.0 Å². The van der Waals surface area contributed by atoms with Gasteiger partial charge in [0, 0.05) is 5.56 Å². The molecule has 2 aromatic rings. The highest BCUT2D eigenvalue weighted by atomic mass is 16.5. The van der Waals surface area contributed by atoms with Crippen LogP contribution in [0.5, 0.6) is 5.75 Å². The number of amides is 1. The van der Waals surface area contributed by atoms with Gasteiger partial charge >= 0.3 is 0 Å². The minimum Gasteiger partial charge on any atom is -0.496 e. The summed E-state index contributed by atoms with van der Waals surface area (Å²) < 4.78 is 5.30. The van der Waals surface area contributed by atoms with Crippen molar-refractivity contribution >= 4 is 5.91 Å². The SMILES string of the molecule is COc1ccccc1CC(=O)NC(c1ccccc1)C(C)C. The number of nitrogens with one attached hydrogen (secondary N) is 1. The Morgan fingerprint density at radius 2 is 1.68 bits per heavy atom. The third kappa shape index (κ3) is 4.10. The van der Waals surface area contributed by atoms with Gasteiger partial charge in [-0.3, -0.25) is 4.79 Å². The van der Waals surface area contributed by atoms with E-state index < -0.39 is 0 Å². The van der Waals surface area contributed by atoms with E-state index in [1.807, 2.05) is 54.6 Å². The van der Waals surface area contributed by atoms with Crippen molar-refractivity contribution in [2.24, 2.45) is 5.92 Å². The Hall–Kier alpha value is -2.29. The normalized spacial score (nSPS) is 12.0. The molecule has 0 bridgehead atoms. The number of ether oxygens (including phenoxy) is 1. The van der Waals surface area contributed by atoms with E-state index in [4.69, 9.17) is 4.74 Å². The maximum atomic E-state index is 12.4. The number of para-hydroxylation sites is 1. The van der Waals surface area contributed by atoms with Crippen molar-refractivity contribution in [3.63, 3.8) is 0 Å². The smallest absolute Gasteiger partial charge is 0.225 e. The van der Waals surface area contributed by atoms with E-state index in [0.717, 1.165) is 16.9 Å². The number of hydrogen-bond donors (Lipinski definition) is 1. The number of benzene rings is 2. The van der Waals surface area contributed by atoms with Gasteiger partial charge in [-0.05, 0) is 17.5 Å². The van der Waals surface area contributed by atoms with Gasteiger partial charge in [0.25, 0.3) is 0 Å². The summed E-state index contributed by atoms with van der Waals surface area (Å²) in [6.07, 6.45) is 0.320. The molecule has 1 atom stereocenters. The molecule has 0 spiro atoms. The predicted octanol–water partition coefficient (Wildman–Crippen LogP) is 3.75. The summed E-state index contributed by atoms with van der Waals surface area (Å²) in [4.78, 5) is 12.4. The van der Waals surface area contributed by atoms with Crippen molar-refractivity contribution in [1.29, 1.82) is 0 Å². The molecule has 22 heavy (non-hydrogen) atoms. The zero-order valence-electron chi connectivity index (χ0n) is 13.4. The number of carbonyl (C=O) groups is 1. The van der Waals surface area contributed by atoms with Crippen LogP contribution in [0.4, 0.5) is 0 Å². The first-order valence-electron chi connectivity index (χ1n) is 7.58. The van der Waals surface area contributed by atoms with Gasteiger partial charge in [-0.2, -0.15) is 0 Å². The highest BCUT2D eigenvalue weighted by Crippen LogP contribution is 2.22. The average molecular weight is 297 g/mol. The Kier molecular flexibility index (Phi) is 5.59. The highest BCUT2D eigenvalue weighted by Gasteiger charge is 2.18. The van der Waals surface area contributed by atoms with Gasteiger partial charge in [0.2, 0.25) is 5.91 Å². The van der Waals surface area contributed by atoms with Crippen LogP contribution in [0, 0.1) is 5.92 Å². The molecule has 1 N–H and O–H groups in total. The summed E-state index contributed by atoms with van der Waals surface area (Å²) in [6, 6.07) is 17.7. The summed E-state index contributed by atoms with van der Waals surface area (Å²) in [5.74, 6) is 1.08. The topological polar surface area (TPSA) is 38.3 Å². The van der Waals surface area contributed by atoms with E-state index in [2.05, 4.69) is 19.2 Å². The van der Waals surface area contributed by atoms with Crippen molar-refractivity contribution in [2.45, 2.75) is 26.3 Å². The Morgan fingerprint density at radius 3 is 2.32 bits per heavy atom. The molecule has 116 valence electrons. The van der Waals surface area contributed by atoms with Crippen LogP contribution in [-0.4, -0.2) is 13.0 Å². The van der Waals surface area contributed by atoms with Crippen LogP contribution in [0.3, 0.4) is 0 Å². The second kappa shape index (κ2) is 7.64. The fourth-order valence-electron chi connectivity index (χ4n) is 2.54. The van der Waals surface area contributed by atoms with E-state index in [1.54, 1.807) is 7.11 Å². The van der Waals surface area contributed by atoms with Gasteiger partial charge in [-0.1, -0.05) is 62.4 Å². The van der Waals surface area contributed by atoms with Crippen LogP contribution in [0.15, 0.2) is 54.6 Å². The lowest BCUT2D eigenvalue weighted by Gasteiger charge is -2.23. The highest BCUT2D eigenvalue weighted by molar-refractivity contribution is 5.79. The Bertz CT molecular complexity index is 608. The molecular weight excluding hydrogens is 274 g/mol. The van der Waals surface area contributed by atoms with Crippen molar-refractivity contribution in [1.82, 2.24) is 5.32 Å². The largest absolute Gasteiger partial charge is 0.496 e. The van der Waals surface area contributed by atoms with Crippen LogP contribution in [0.25, 0.3) is 0 Å². The van der Waals surface area contributed by atoms with Gasteiger partial charge in [0.1, 0.15) is 5.75 Å². The van der Waals surface area contributed by atoms with Crippen LogP contribution >= 0.6 is 0 Å². The zero-order chi connectivity index (χ0) is 15.9. The number of hydrogen-bond acceptors (Lipinski definition) is 2. The van der Waals surface area contributed by atoms with Crippen molar-refractivity contribution in [2.75, 3.05) is 7.11 Å². The monoisotopic (exact) mass is 297 g/mol. The van der Waals surface area contributed by atoms with Gasteiger partial charge < -0.3 is 10.1 Å². The Balaban J connectivity index is 2.09. The molecule has 3 heteroatoms. The van der Waals surface area contributed by atoms with E-state index in [1.165, 1.54) is 0 Å². The maximum absolute atomic E-state index is 12.4. The molecule has 1 amide bonds. The van der Waals surface area contributed by atoms with Crippen LogP contribution < -0.4 is 10.1 Å². The second-order valence-electron chi connectivity index (χ2n) is 5.69. The van der Waals surface area contributed by atoms with Crippen molar-refractivity contribution < 1.29 is 9.53 Å². The van der Waals surface area contributed by atoms with E-state index >= 15 is 0 Å². The molecule has 0 heterocycles. The van der Waals surface area contributed by atoms with Gasteiger partial charge in [-0.15, -0.1) is 0 Å². The molecule has 0 radical (unpaired) electrons. The minimum absolute atomic E-state index is 0.00653. The third-order valence-corrected chi connectivity index (χ3v) is 3.69. The maximum Gasteiger partial charge on any atom is 0.225 e. The molecule has 0 aliphatic carbocycles. The zero-order valence-corrected chi connectivity index (χ0v) is 13.4. The van der Waals surface area contributed by atoms with Crippen molar-refractivity contribution in [3.05, 3.63) is 65.7 Å². The summed E-state index contributed by atoms with van der Waals surface area (Å²) in [6.45, 7) is 4.22. The molecule has 1 unspecified atom stereocenters. The fraction of sp³-hybridized carbons (Fsp3) is 0.316. The molecule has 0 fully saturated rings. The summed E-state index contributed by atoms with van der Waals surface area (Å²) in [7, 11) is 1.62. The molecule has 0 saturated heterocycles. The van der Waals surface area contributed by atoms with Crippen LogP contribution in [0.2, 0.25) is 0 Å². The van der Waals surface area contributed by atoms with Crippen LogP contribution in [-0.2, 0) is 11.2 Å². The molecule has 0 aliphatic heterocycles. The lowest BCUT2D eigenvalue weighted by atomic mass is 9.95. The third-order valence-electron chi connectivity index (χ3n) is 3.69. The molecule has 0 saturated carbocycles. The lowest BCUT2D eigenvalue weighted by molar-refractivity contribution is -0.121. The van der Waals surface area contributed by atoms with Gasteiger partial charge in [-0.25, -0.2) is 0 Å². The fourth-order valence-corrected chi connectivity index (χ4v) is 2.54. The summed E-state index contributed by atoms with van der Waals surface area (Å²) >= 11 is 0. The molecule has 3 nitrogen and oxygen atoms in total. The first-order valence-corrected chi connectivity index (χ1v) is 7.58. The number of rotatable bonds is 6. The minimum atomic E-state index is 0.00653. The number of carbonyl (C=O) groups excluding carboxylic acids is 1. The van der Waals surface area contributed by atoms with Gasteiger partial charge in [0.15, 0.2) is 0 Å². The van der Waals surface area contributed by atoms with E-state index in [0.29, 0.717) is 12.3 Å². The van der Waals surface area contributed by atoms with Gasteiger partial charge in [0.05, 0.1) is 19.6 Å². The Labute approximate surface area is 132 Å². The molecule has 2 aromatic carbocycles. The summed E-state index contributed by atoms with van der Waals surface area (Å²) in [5.41, 5.74) is 2.03. The Morgan fingerprint density at radius 1 is 1.05 bits per heavy atom. The molecule has 2 rings (SSSR count).